The first kappa shape index (κ1) is 17.0. The van der Waals surface area contributed by atoms with Crippen molar-refractivity contribution in [3.8, 4) is 5.75 Å². The largest absolute Gasteiger partial charge is 0.494 e. The van der Waals surface area contributed by atoms with Crippen molar-refractivity contribution in [1.82, 2.24) is 0 Å². The van der Waals surface area contributed by atoms with Gasteiger partial charge in [0.2, 0.25) is 0 Å². The second-order valence-electron chi connectivity index (χ2n) is 6.66. The molecule has 0 aromatic heterocycles. The first-order valence-corrected chi connectivity index (χ1v) is 8.54. The van der Waals surface area contributed by atoms with Crippen LogP contribution in [0.4, 0.5) is 17.1 Å². The molecule has 3 atom stereocenters. The van der Waals surface area contributed by atoms with E-state index in [0.29, 0.717) is 17.0 Å². The summed E-state index contributed by atoms with van der Waals surface area (Å²) < 4.78 is 5.39. The van der Waals surface area contributed by atoms with Gasteiger partial charge in [-0.1, -0.05) is 30.4 Å². The summed E-state index contributed by atoms with van der Waals surface area (Å²) in [5.41, 5.74) is 2.07. The van der Waals surface area contributed by atoms with Gasteiger partial charge in [-0.2, -0.15) is 0 Å². The summed E-state index contributed by atoms with van der Waals surface area (Å²) in [6.45, 7) is 0. The van der Waals surface area contributed by atoms with Crippen LogP contribution in [0.5, 0.6) is 5.75 Å². The van der Waals surface area contributed by atoms with Gasteiger partial charge < -0.3 is 10.1 Å². The maximum absolute atomic E-state index is 11.5. The Morgan fingerprint density at radius 1 is 1.11 bits per heavy atom. The van der Waals surface area contributed by atoms with Crippen LogP contribution in [0.3, 0.4) is 0 Å². The van der Waals surface area contributed by atoms with E-state index in [0.717, 1.165) is 12.0 Å². The fourth-order valence-electron chi connectivity index (χ4n) is 4.14. The molecule has 0 amide bonds. The highest BCUT2D eigenvalue weighted by Crippen LogP contribution is 2.54. The van der Waals surface area contributed by atoms with Gasteiger partial charge in [0.15, 0.2) is 0 Å². The van der Waals surface area contributed by atoms with Crippen LogP contribution >= 0.6 is 0 Å². The second kappa shape index (κ2) is 6.39. The minimum atomic E-state index is -0.440. The van der Waals surface area contributed by atoms with Crippen LogP contribution in [-0.4, -0.2) is 17.0 Å². The van der Waals surface area contributed by atoms with Crippen LogP contribution in [0.2, 0.25) is 0 Å². The number of fused-ring (bicyclic) bond motifs is 3. The maximum Gasteiger partial charge on any atom is 0.274 e. The number of benzene rings is 2. The number of anilines is 1. The normalized spacial score (nSPS) is 22.5. The number of nitro groups is 2. The molecule has 0 saturated heterocycles. The zero-order chi connectivity index (χ0) is 19.1. The van der Waals surface area contributed by atoms with Crippen LogP contribution in [-0.2, 0) is 0 Å². The van der Waals surface area contributed by atoms with E-state index in [1.165, 1.54) is 19.2 Å². The molecule has 1 aliphatic carbocycles. The predicted octanol–water partition coefficient (Wildman–Crippen LogP) is 4.34. The van der Waals surface area contributed by atoms with Crippen molar-refractivity contribution in [2.24, 2.45) is 5.92 Å². The molecule has 2 aromatic rings. The van der Waals surface area contributed by atoms with Crippen molar-refractivity contribution in [1.29, 1.82) is 0 Å². The molecule has 2 aliphatic rings. The fraction of sp³-hybridized carbons (Fsp3) is 0.263. The number of nitrogens with one attached hydrogen (secondary N) is 1. The Kier molecular flexibility index (Phi) is 4.02. The van der Waals surface area contributed by atoms with Gasteiger partial charge in [-0.15, -0.1) is 0 Å². The Labute approximate surface area is 154 Å². The van der Waals surface area contributed by atoms with Crippen molar-refractivity contribution >= 4 is 17.1 Å². The Balaban J connectivity index is 1.88. The van der Waals surface area contributed by atoms with E-state index in [2.05, 4.69) is 5.32 Å². The van der Waals surface area contributed by atoms with E-state index in [-0.39, 0.29) is 34.2 Å². The number of non-ortho nitro benzene ring substituents is 1. The summed E-state index contributed by atoms with van der Waals surface area (Å²) in [6, 6.07) is 9.33. The number of nitro benzene ring substituents is 2. The molecule has 1 N–H and O–H groups in total. The second-order valence-corrected chi connectivity index (χ2v) is 6.66. The number of ether oxygens (including phenoxy) is 1. The summed E-state index contributed by atoms with van der Waals surface area (Å²) in [4.78, 5) is 22.0. The first-order valence-electron chi connectivity index (χ1n) is 8.54. The Hall–Kier alpha value is -3.42. The average Bonchev–Trinajstić information content (AvgIpc) is 3.16. The molecule has 1 heterocycles. The van der Waals surface area contributed by atoms with Crippen molar-refractivity contribution in [3.05, 3.63) is 79.9 Å². The van der Waals surface area contributed by atoms with Crippen LogP contribution in [0, 0.1) is 26.1 Å². The maximum atomic E-state index is 11.5. The van der Waals surface area contributed by atoms with E-state index in [1.807, 2.05) is 12.2 Å². The first-order chi connectivity index (χ1) is 13.0. The van der Waals surface area contributed by atoms with Crippen molar-refractivity contribution in [2.75, 3.05) is 12.4 Å². The van der Waals surface area contributed by atoms with Crippen molar-refractivity contribution < 1.29 is 14.6 Å². The summed E-state index contributed by atoms with van der Waals surface area (Å²) >= 11 is 0. The summed E-state index contributed by atoms with van der Waals surface area (Å²) in [5, 5.41) is 26.2. The number of methoxy groups -OCH3 is 1. The molecule has 0 spiro atoms. The van der Waals surface area contributed by atoms with Crippen LogP contribution < -0.4 is 10.1 Å². The molecule has 0 radical (unpaired) electrons. The lowest BCUT2D eigenvalue weighted by atomic mass is 9.76. The number of nitrogens with zero attached hydrogens (tertiary/aromatic N) is 2. The van der Waals surface area contributed by atoms with E-state index in [9.17, 15) is 20.2 Å². The molecular weight excluding hydrogens is 350 g/mol. The summed E-state index contributed by atoms with van der Waals surface area (Å²) in [7, 11) is 1.46. The standard InChI is InChI=1S/C19H17N3O5/c1-27-17-10-11(21(23)24)9-15-12-6-4-7-13(12)18(20-19(15)17)14-5-2-3-8-16(14)22(25)26/h2-6,8-10,12-13,18,20H,7H2,1H3/t12-,13+,18?/m1/s1. The highest BCUT2D eigenvalue weighted by Gasteiger charge is 2.42. The lowest BCUT2D eigenvalue weighted by Gasteiger charge is -2.37. The molecule has 0 bridgehead atoms. The van der Waals surface area contributed by atoms with Gasteiger partial charge in [-0.3, -0.25) is 20.2 Å². The number of hydrogen-bond donors (Lipinski definition) is 1. The predicted molar refractivity (Wildman–Crippen MR) is 99.1 cm³/mol. The minimum Gasteiger partial charge on any atom is -0.494 e. The molecule has 27 heavy (non-hydrogen) atoms. The highest BCUT2D eigenvalue weighted by molar-refractivity contribution is 5.71. The van der Waals surface area contributed by atoms with Gasteiger partial charge >= 0.3 is 0 Å². The van der Waals surface area contributed by atoms with Crippen LogP contribution in [0.25, 0.3) is 0 Å². The van der Waals surface area contributed by atoms with Crippen LogP contribution in [0.1, 0.15) is 29.5 Å². The highest BCUT2D eigenvalue weighted by atomic mass is 16.6. The van der Waals surface area contributed by atoms with Gasteiger partial charge in [0, 0.05) is 18.1 Å². The molecule has 0 fully saturated rings. The Bertz CT molecular complexity index is 972. The molecular formula is C19H17N3O5. The molecule has 8 heteroatoms. The fourth-order valence-corrected chi connectivity index (χ4v) is 4.14. The summed E-state index contributed by atoms with van der Waals surface area (Å²) in [6.07, 6.45) is 4.79. The lowest BCUT2D eigenvalue weighted by Crippen LogP contribution is -2.30. The van der Waals surface area contributed by atoms with Crippen molar-refractivity contribution in [2.45, 2.75) is 18.4 Å². The van der Waals surface area contributed by atoms with Gasteiger partial charge in [0.1, 0.15) is 5.75 Å². The minimum absolute atomic E-state index is 0.0319. The monoisotopic (exact) mass is 367 g/mol. The van der Waals surface area contributed by atoms with Gasteiger partial charge in [0.25, 0.3) is 11.4 Å². The van der Waals surface area contributed by atoms with E-state index >= 15 is 0 Å². The molecule has 1 aliphatic heterocycles. The van der Waals surface area contributed by atoms with Crippen molar-refractivity contribution in [3.63, 3.8) is 0 Å². The lowest BCUT2D eigenvalue weighted by molar-refractivity contribution is -0.385. The quantitative estimate of drug-likeness (QED) is 0.489. The number of allylic oxidation sites excluding steroid dienone is 2. The summed E-state index contributed by atoms with van der Waals surface area (Å²) in [5.74, 6) is 0.326. The third-order valence-electron chi connectivity index (χ3n) is 5.32. The Morgan fingerprint density at radius 2 is 1.89 bits per heavy atom. The van der Waals surface area contributed by atoms with E-state index in [1.54, 1.807) is 24.3 Å². The van der Waals surface area contributed by atoms with Gasteiger partial charge in [-0.25, -0.2) is 0 Å². The zero-order valence-electron chi connectivity index (χ0n) is 14.5. The number of rotatable bonds is 4. The topological polar surface area (TPSA) is 108 Å². The molecule has 2 aromatic carbocycles. The molecule has 4 rings (SSSR count). The smallest absolute Gasteiger partial charge is 0.274 e. The zero-order valence-corrected chi connectivity index (χ0v) is 14.5. The van der Waals surface area contributed by atoms with Gasteiger partial charge in [-0.05, 0) is 17.9 Å². The molecule has 8 nitrogen and oxygen atoms in total. The van der Waals surface area contributed by atoms with E-state index < -0.39 is 4.92 Å². The van der Waals surface area contributed by atoms with Gasteiger partial charge in [0.05, 0.1) is 40.3 Å². The molecule has 0 saturated carbocycles. The van der Waals surface area contributed by atoms with E-state index in [4.69, 9.17) is 4.74 Å². The SMILES string of the molecule is COc1cc([N+](=O)[O-])cc2c1NC(c1ccccc1[N+](=O)[O-])[C@H]1CC=C[C@@H]21. The average molecular weight is 367 g/mol. The number of para-hydroxylation sites is 1. The third kappa shape index (κ3) is 2.69. The van der Waals surface area contributed by atoms with Crippen LogP contribution in [0.15, 0.2) is 48.6 Å². The Morgan fingerprint density at radius 3 is 2.59 bits per heavy atom. The third-order valence-corrected chi connectivity index (χ3v) is 5.32. The molecule has 1 unspecified atom stereocenters. The molecule has 138 valence electrons. The number of hydrogen-bond acceptors (Lipinski definition) is 6.